The summed E-state index contributed by atoms with van der Waals surface area (Å²) >= 11 is 1.30. The molecular formula is C23H20N4O4S. The number of carbonyl (C=O) groups excluding carboxylic acids is 3. The van der Waals surface area contributed by atoms with Crippen molar-refractivity contribution in [1.82, 2.24) is 4.98 Å². The van der Waals surface area contributed by atoms with Crippen LogP contribution in [0.5, 0.6) is 5.75 Å². The van der Waals surface area contributed by atoms with Crippen molar-refractivity contribution in [2.45, 2.75) is 13.0 Å². The van der Waals surface area contributed by atoms with E-state index in [2.05, 4.69) is 4.98 Å². The summed E-state index contributed by atoms with van der Waals surface area (Å²) in [6.07, 6.45) is 2.02. The lowest BCUT2D eigenvalue weighted by molar-refractivity contribution is -0.125. The Kier molecular flexibility index (Phi) is 6.00. The summed E-state index contributed by atoms with van der Waals surface area (Å²) in [4.78, 5) is 44.2. The highest BCUT2D eigenvalue weighted by Gasteiger charge is 2.31. The van der Waals surface area contributed by atoms with Gasteiger partial charge >= 0.3 is 0 Å². The topological polar surface area (TPSA) is 106 Å². The molecule has 9 heteroatoms. The van der Waals surface area contributed by atoms with E-state index in [1.807, 2.05) is 30.3 Å². The fraction of sp³-hybridized carbons (Fsp3) is 0.130. The highest BCUT2D eigenvalue weighted by Crippen LogP contribution is 2.33. The lowest BCUT2D eigenvalue weighted by Gasteiger charge is -2.32. The molecule has 1 aliphatic rings. The first-order chi connectivity index (χ1) is 15.4. The number of primary amides is 1. The van der Waals surface area contributed by atoms with Gasteiger partial charge in [0.15, 0.2) is 11.2 Å². The van der Waals surface area contributed by atoms with Gasteiger partial charge in [-0.25, -0.2) is 4.98 Å². The molecular weight excluding hydrogens is 428 g/mol. The summed E-state index contributed by atoms with van der Waals surface area (Å²) in [7, 11) is 0. The van der Waals surface area contributed by atoms with Gasteiger partial charge in [0.05, 0.1) is 23.6 Å². The van der Waals surface area contributed by atoms with Crippen LogP contribution in [0.3, 0.4) is 0 Å². The SMILES string of the molecule is CC(=O)N(c1ccccc1)c1nc(/C=C/C(=O)N2CC(C(N)=O)Oc3ccccc32)cs1. The Morgan fingerprint density at radius 1 is 1.16 bits per heavy atom. The van der Waals surface area contributed by atoms with E-state index in [9.17, 15) is 14.4 Å². The van der Waals surface area contributed by atoms with Crippen molar-refractivity contribution in [2.24, 2.45) is 5.73 Å². The van der Waals surface area contributed by atoms with Crippen LogP contribution in [0, 0.1) is 0 Å². The predicted octanol–water partition coefficient (Wildman–Crippen LogP) is 3.12. The molecule has 0 bridgehead atoms. The fourth-order valence-corrected chi connectivity index (χ4v) is 4.15. The maximum absolute atomic E-state index is 12.9. The first-order valence-electron chi connectivity index (χ1n) is 9.80. The number of aromatic nitrogens is 1. The Balaban J connectivity index is 1.55. The molecule has 32 heavy (non-hydrogen) atoms. The van der Waals surface area contributed by atoms with Gasteiger partial charge in [0, 0.05) is 18.4 Å². The zero-order chi connectivity index (χ0) is 22.7. The van der Waals surface area contributed by atoms with E-state index in [0.29, 0.717) is 27.9 Å². The van der Waals surface area contributed by atoms with Crippen LogP contribution in [0.15, 0.2) is 66.1 Å². The van der Waals surface area contributed by atoms with Crippen LogP contribution in [0.1, 0.15) is 12.6 Å². The third-order valence-corrected chi connectivity index (χ3v) is 5.63. The molecule has 0 saturated carbocycles. The molecule has 3 amide bonds. The molecule has 0 radical (unpaired) electrons. The van der Waals surface area contributed by atoms with Crippen molar-refractivity contribution in [3.05, 3.63) is 71.7 Å². The van der Waals surface area contributed by atoms with Crippen LogP contribution >= 0.6 is 11.3 Å². The Labute approximate surface area is 188 Å². The maximum atomic E-state index is 12.9. The number of hydrogen-bond acceptors (Lipinski definition) is 6. The van der Waals surface area contributed by atoms with E-state index in [0.717, 1.165) is 0 Å². The Hall–Kier alpha value is -3.98. The van der Waals surface area contributed by atoms with E-state index >= 15 is 0 Å². The van der Waals surface area contributed by atoms with E-state index in [1.54, 1.807) is 35.7 Å². The summed E-state index contributed by atoms with van der Waals surface area (Å²) in [6, 6.07) is 16.2. The molecule has 162 valence electrons. The normalized spacial score (nSPS) is 15.2. The number of thiazole rings is 1. The fourth-order valence-electron chi connectivity index (χ4n) is 3.30. The van der Waals surface area contributed by atoms with Gasteiger partial charge in [-0.05, 0) is 30.3 Å². The Morgan fingerprint density at radius 2 is 1.88 bits per heavy atom. The number of ether oxygens (including phenoxy) is 1. The lowest BCUT2D eigenvalue weighted by Crippen LogP contribution is -2.49. The smallest absolute Gasteiger partial charge is 0.260 e. The van der Waals surface area contributed by atoms with Gasteiger partial charge in [-0.1, -0.05) is 30.3 Å². The average Bonchev–Trinajstić information content (AvgIpc) is 3.25. The number of fused-ring (bicyclic) bond motifs is 1. The van der Waals surface area contributed by atoms with E-state index in [-0.39, 0.29) is 18.4 Å². The van der Waals surface area contributed by atoms with Crippen LogP contribution < -0.4 is 20.3 Å². The van der Waals surface area contributed by atoms with Crippen molar-refractivity contribution in [3.8, 4) is 5.75 Å². The number of hydrogen-bond donors (Lipinski definition) is 1. The number of nitrogens with two attached hydrogens (primary N) is 1. The van der Waals surface area contributed by atoms with Gasteiger partial charge in [0.1, 0.15) is 5.75 Å². The molecule has 3 aromatic rings. The second-order valence-electron chi connectivity index (χ2n) is 7.00. The lowest BCUT2D eigenvalue weighted by atomic mass is 10.1. The number of benzene rings is 2. The second kappa shape index (κ2) is 9.03. The second-order valence-corrected chi connectivity index (χ2v) is 7.84. The molecule has 1 aromatic heterocycles. The first kappa shape index (κ1) is 21.3. The quantitative estimate of drug-likeness (QED) is 0.604. The van der Waals surface area contributed by atoms with Crippen molar-refractivity contribution in [2.75, 3.05) is 16.3 Å². The predicted molar refractivity (Wildman–Crippen MR) is 123 cm³/mol. The minimum atomic E-state index is -0.928. The molecule has 0 saturated heterocycles. The average molecular weight is 449 g/mol. The van der Waals surface area contributed by atoms with Crippen LogP contribution in [0.2, 0.25) is 0 Å². The molecule has 2 heterocycles. The standard InChI is InChI=1S/C23H20N4O4S/c1-15(28)27(17-7-3-2-4-8-17)23-25-16(14-32-23)11-12-21(29)26-13-20(22(24)30)31-19-10-6-5-9-18(19)26/h2-12,14,20H,13H2,1H3,(H2,24,30)/b12-11+. The van der Waals surface area contributed by atoms with E-state index in [1.165, 1.54) is 34.1 Å². The number of anilines is 3. The Bertz CT molecular complexity index is 1190. The summed E-state index contributed by atoms with van der Waals surface area (Å²) in [5.41, 5.74) is 7.20. The first-order valence-corrected chi connectivity index (χ1v) is 10.7. The van der Waals surface area contributed by atoms with Gasteiger partial charge in [-0.15, -0.1) is 11.3 Å². The van der Waals surface area contributed by atoms with Gasteiger partial charge < -0.3 is 15.4 Å². The van der Waals surface area contributed by atoms with Crippen LogP contribution in [-0.2, 0) is 14.4 Å². The van der Waals surface area contributed by atoms with E-state index < -0.39 is 12.0 Å². The molecule has 0 aliphatic carbocycles. The van der Waals surface area contributed by atoms with Gasteiger partial charge in [-0.2, -0.15) is 0 Å². The molecule has 2 aromatic carbocycles. The largest absolute Gasteiger partial charge is 0.477 e. The van der Waals surface area contributed by atoms with Crippen molar-refractivity contribution < 1.29 is 19.1 Å². The molecule has 1 aliphatic heterocycles. The van der Waals surface area contributed by atoms with Crippen LogP contribution in [0.25, 0.3) is 6.08 Å². The highest BCUT2D eigenvalue weighted by atomic mass is 32.1. The molecule has 8 nitrogen and oxygen atoms in total. The molecule has 0 fully saturated rings. The summed E-state index contributed by atoms with van der Waals surface area (Å²) in [5, 5.41) is 2.26. The number of rotatable bonds is 5. The van der Waals surface area contributed by atoms with Gasteiger partial charge in [0.25, 0.3) is 11.8 Å². The minimum absolute atomic E-state index is 0.0178. The molecule has 1 unspecified atom stereocenters. The zero-order valence-electron chi connectivity index (χ0n) is 17.2. The van der Waals surface area contributed by atoms with Crippen molar-refractivity contribution in [3.63, 3.8) is 0 Å². The minimum Gasteiger partial charge on any atom is -0.477 e. The summed E-state index contributed by atoms with van der Waals surface area (Å²) in [5.74, 6) is -0.733. The van der Waals surface area contributed by atoms with Gasteiger partial charge in [0.2, 0.25) is 5.91 Å². The summed E-state index contributed by atoms with van der Waals surface area (Å²) < 4.78 is 5.59. The van der Waals surface area contributed by atoms with Crippen LogP contribution in [-0.4, -0.2) is 35.4 Å². The number of para-hydroxylation sites is 3. The van der Waals surface area contributed by atoms with Gasteiger partial charge in [-0.3, -0.25) is 19.3 Å². The number of amides is 3. The van der Waals surface area contributed by atoms with Crippen molar-refractivity contribution in [1.29, 1.82) is 0 Å². The number of nitrogens with zero attached hydrogens (tertiary/aromatic N) is 3. The van der Waals surface area contributed by atoms with Crippen molar-refractivity contribution >= 4 is 51.6 Å². The zero-order valence-corrected chi connectivity index (χ0v) is 18.0. The third-order valence-electron chi connectivity index (χ3n) is 4.78. The molecule has 0 spiro atoms. The van der Waals surface area contributed by atoms with E-state index in [4.69, 9.17) is 10.5 Å². The van der Waals surface area contributed by atoms with Crippen LogP contribution in [0.4, 0.5) is 16.5 Å². The Morgan fingerprint density at radius 3 is 2.59 bits per heavy atom. The summed E-state index contributed by atoms with van der Waals surface area (Å²) in [6.45, 7) is 1.49. The highest BCUT2D eigenvalue weighted by molar-refractivity contribution is 7.14. The number of carbonyl (C=O) groups is 3. The molecule has 2 N–H and O–H groups in total. The third kappa shape index (κ3) is 4.37. The monoisotopic (exact) mass is 448 g/mol. The molecule has 4 rings (SSSR count). The maximum Gasteiger partial charge on any atom is 0.260 e. The molecule has 1 atom stereocenters.